The van der Waals surface area contributed by atoms with E-state index in [1.807, 2.05) is 36.4 Å². The normalized spacial score (nSPS) is 13.8. The van der Waals surface area contributed by atoms with Gasteiger partial charge in [-0.15, -0.1) is 0 Å². The third-order valence-electron chi connectivity index (χ3n) is 5.02. The molecule has 1 aliphatic rings. The summed E-state index contributed by atoms with van der Waals surface area (Å²) in [5.74, 6) is -0.664. The van der Waals surface area contributed by atoms with Gasteiger partial charge in [-0.25, -0.2) is 4.79 Å². The van der Waals surface area contributed by atoms with E-state index in [9.17, 15) is 9.59 Å². The van der Waals surface area contributed by atoms with Gasteiger partial charge in [0.1, 0.15) is 0 Å². The average Bonchev–Trinajstić information content (AvgIpc) is 3.13. The molecule has 27 heavy (non-hydrogen) atoms. The van der Waals surface area contributed by atoms with Crippen molar-refractivity contribution in [1.82, 2.24) is 0 Å². The molecule has 2 aromatic rings. The van der Waals surface area contributed by atoms with Gasteiger partial charge in [0, 0.05) is 31.0 Å². The maximum absolute atomic E-state index is 12.7. The number of anilines is 2. The number of esters is 1. The maximum atomic E-state index is 12.7. The number of carbonyl (C=O) groups excluding carboxylic acids is 2. The maximum Gasteiger partial charge on any atom is 0.338 e. The lowest BCUT2D eigenvalue weighted by molar-refractivity contribution is -0.126. The van der Waals surface area contributed by atoms with Crippen LogP contribution in [0.4, 0.5) is 11.4 Å². The molecule has 2 aromatic carbocycles. The highest BCUT2D eigenvalue weighted by molar-refractivity contribution is 6.00. The second kappa shape index (κ2) is 8.25. The van der Waals surface area contributed by atoms with E-state index in [0.717, 1.165) is 36.4 Å². The minimum absolute atomic E-state index is 0.187. The molecule has 0 aliphatic carbocycles. The van der Waals surface area contributed by atoms with Gasteiger partial charge in [-0.2, -0.15) is 0 Å². The minimum Gasteiger partial charge on any atom is -0.449 e. The Labute approximate surface area is 160 Å². The number of fused-ring (bicyclic) bond motifs is 1. The molecule has 0 spiro atoms. The zero-order valence-corrected chi connectivity index (χ0v) is 16.1. The van der Waals surface area contributed by atoms with Crippen LogP contribution < -0.4 is 9.80 Å². The quantitative estimate of drug-likeness (QED) is 0.732. The lowest BCUT2D eigenvalue weighted by Crippen LogP contribution is -2.39. The second-order valence-corrected chi connectivity index (χ2v) is 6.64. The molecule has 0 saturated heterocycles. The van der Waals surface area contributed by atoms with Gasteiger partial charge in [0.25, 0.3) is 5.91 Å². The number of para-hydroxylation sites is 1. The predicted octanol–water partition coefficient (Wildman–Crippen LogP) is 3.67. The van der Waals surface area contributed by atoms with Gasteiger partial charge < -0.3 is 14.5 Å². The molecule has 1 aliphatic heterocycles. The zero-order chi connectivity index (χ0) is 19.4. The first-order valence-corrected chi connectivity index (χ1v) is 9.50. The number of amides is 1. The Morgan fingerprint density at radius 3 is 2.41 bits per heavy atom. The molecular formula is C22H26N2O3. The van der Waals surface area contributed by atoms with Crippen molar-refractivity contribution in [3.8, 4) is 0 Å². The first-order valence-electron chi connectivity index (χ1n) is 9.50. The molecule has 5 heteroatoms. The van der Waals surface area contributed by atoms with Crippen molar-refractivity contribution >= 4 is 23.3 Å². The Morgan fingerprint density at radius 2 is 1.74 bits per heavy atom. The van der Waals surface area contributed by atoms with E-state index in [0.29, 0.717) is 12.1 Å². The summed E-state index contributed by atoms with van der Waals surface area (Å²) in [5, 5.41) is 0. The fourth-order valence-electron chi connectivity index (χ4n) is 3.46. The molecule has 142 valence electrons. The van der Waals surface area contributed by atoms with Gasteiger partial charge in [0.2, 0.25) is 0 Å². The van der Waals surface area contributed by atoms with Crippen LogP contribution in [0.15, 0.2) is 48.5 Å². The molecule has 0 bridgehead atoms. The third kappa shape index (κ3) is 3.97. The van der Waals surface area contributed by atoms with Crippen LogP contribution in [-0.2, 0) is 16.0 Å². The molecule has 0 aromatic heterocycles. The van der Waals surface area contributed by atoms with Gasteiger partial charge in [-0.1, -0.05) is 18.2 Å². The van der Waals surface area contributed by atoms with Crippen molar-refractivity contribution in [2.45, 2.75) is 33.3 Å². The minimum atomic E-state index is -0.828. The Balaban J connectivity index is 1.65. The Morgan fingerprint density at radius 1 is 1.07 bits per heavy atom. The van der Waals surface area contributed by atoms with E-state index < -0.39 is 12.1 Å². The highest BCUT2D eigenvalue weighted by Crippen LogP contribution is 2.28. The molecule has 0 N–H and O–H groups in total. The largest absolute Gasteiger partial charge is 0.449 e. The summed E-state index contributed by atoms with van der Waals surface area (Å²) < 4.78 is 5.43. The van der Waals surface area contributed by atoms with E-state index in [2.05, 4.69) is 18.7 Å². The summed E-state index contributed by atoms with van der Waals surface area (Å²) in [5.41, 5.74) is 3.58. The standard InChI is InChI=1S/C22H26N2O3/c1-4-23(5-2)19-12-10-18(11-13-19)22(26)27-16(3)21(25)24-15-14-17-8-6-7-9-20(17)24/h6-13,16H,4-5,14-15H2,1-3H3/t16-/m0/s1. The Hall–Kier alpha value is -2.82. The molecule has 0 fully saturated rings. The van der Waals surface area contributed by atoms with Gasteiger partial charge >= 0.3 is 5.97 Å². The molecule has 0 radical (unpaired) electrons. The van der Waals surface area contributed by atoms with Crippen LogP contribution in [0.25, 0.3) is 0 Å². The fraction of sp³-hybridized carbons (Fsp3) is 0.364. The van der Waals surface area contributed by atoms with Crippen molar-refractivity contribution in [2.75, 3.05) is 29.4 Å². The molecule has 0 saturated carbocycles. The van der Waals surface area contributed by atoms with Crippen LogP contribution >= 0.6 is 0 Å². The van der Waals surface area contributed by atoms with Crippen LogP contribution in [0, 0.1) is 0 Å². The van der Waals surface area contributed by atoms with E-state index in [1.54, 1.807) is 24.0 Å². The predicted molar refractivity (Wildman–Crippen MR) is 107 cm³/mol. The summed E-state index contributed by atoms with van der Waals surface area (Å²) in [7, 11) is 0. The topological polar surface area (TPSA) is 49.9 Å². The van der Waals surface area contributed by atoms with Gasteiger partial charge in [0.15, 0.2) is 6.10 Å². The number of rotatable bonds is 6. The summed E-state index contributed by atoms with van der Waals surface area (Å²) in [6, 6.07) is 15.2. The summed E-state index contributed by atoms with van der Waals surface area (Å²) >= 11 is 0. The number of benzene rings is 2. The molecule has 0 unspecified atom stereocenters. The van der Waals surface area contributed by atoms with E-state index in [-0.39, 0.29) is 5.91 Å². The smallest absolute Gasteiger partial charge is 0.338 e. The lowest BCUT2D eigenvalue weighted by Gasteiger charge is -2.22. The van der Waals surface area contributed by atoms with Crippen LogP contribution in [0.1, 0.15) is 36.7 Å². The van der Waals surface area contributed by atoms with Crippen LogP contribution in [-0.4, -0.2) is 37.6 Å². The summed E-state index contributed by atoms with van der Waals surface area (Å²) in [6.07, 6.45) is 0.00110. The molecule has 1 amide bonds. The second-order valence-electron chi connectivity index (χ2n) is 6.64. The van der Waals surface area contributed by atoms with Crippen molar-refractivity contribution in [3.05, 3.63) is 59.7 Å². The monoisotopic (exact) mass is 366 g/mol. The fourth-order valence-corrected chi connectivity index (χ4v) is 3.46. The summed E-state index contributed by atoms with van der Waals surface area (Å²) in [4.78, 5) is 29.1. The van der Waals surface area contributed by atoms with Gasteiger partial charge in [-0.3, -0.25) is 4.79 Å². The van der Waals surface area contributed by atoms with Gasteiger partial charge in [-0.05, 0) is 63.1 Å². The Kier molecular flexibility index (Phi) is 5.79. The molecule has 1 heterocycles. The first-order chi connectivity index (χ1) is 13.0. The Bertz CT molecular complexity index is 813. The number of ether oxygens (including phenoxy) is 1. The number of nitrogens with zero attached hydrogens (tertiary/aromatic N) is 2. The number of hydrogen-bond acceptors (Lipinski definition) is 4. The zero-order valence-electron chi connectivity index (χ0n) is 16.1. The van der Waals surface area contributed by atoms with E-state index >= 15 is 0 Å². The molecule has 3 rings (SSSR count). The van der Waals surface area contributed by atoms with Crippen LogP contribution in [0.2, 0.25) is 0 Å². The molecule has 5 nitrogen and oxygen atoms in total. The SMILES string of the molecule is CCN(CC)c1ccc(C(=O)O[C@@H](C)C(=O)N2CCc3ccccc32)cc1. The highest BCUT2D eigenvalue weighted by atomic mass is 16.5. The van der Waals surface area contributed by atoms with E-state index in [1.165, 1.54) is 0 Å². The summed E-state index contributed by atoms with van der Waals surface area (Å²) in [6.45, 7) is 8.25. The molecule has 1 atom stereocenters. The number of hydrogen-bond donors (Lipinski definition) is 0. The van der Waals surface area contributed by atoms with Crippen LogP contribution in [0.3, 0.4) is 0 Å². The highest BCUT2D eigenvalue weighted by Gasteiger charge is 2.29. The van der Waals surface area contributed by atoms with Crippen molar-refractivity contribution < 1.29 is 14.3 Å². The van der Waals surface area contributed by atoms with Crippen LogP contribution in [0.5, 0.6) is 0 Å². The van der Waals surface area contributed by atoms with Gasteiger partial charge in [0.05, 0.1) is 5.56 Å². The average molecular weight is 366 g/mol. The van der Waals surface area contributed by atoms with Crippen molar-refractivity contribution in [3.63, 3.8) is 0 Å². The van der Waals surface area contributed by atoms with E-state index in [4.69, 9.17) is 4.74 Å². The molecular weight excluding hydrogens is 340 g/mol. The van der Waals surface area contributed by atoms with Crippen molar-refractivity contribution in [1.29, 1.82) is 0 Å². The first kappa shape index (κ1) is 19.0. The lowest BCUT2D eigenvalue weighted by atomic mass is 10.2. The number of carbonyl (C=O) groups is 2. The third-order valence-corrected chi connectivity index (χ3v) is 5.02. The van der Waals surface area contributed by atoms with Crippen molar-refractivity contribution in [2.24, 2.45) is 0 Å².